The normalized spacial score (nSPS) is 14.0. The molecular formula is C16H20N4O2S. The maximum atomic E-state index is 12.3. The Morgan fingerprint density at radius 3 is 2.70 bits per heavy atom. The molecule has 0 bridgehead atoms. The Morgan fingerprint density at radius 1 is 1.26 bits per heavy atom. The molecule has 3 rings (SSSR count). The van der Waals surface area contributed by atoms with Gasteiger partial charge >= 0.3 is 0 Å². The van der Waals surface area contributed by atoms with E-state index in [-0.39, 0.29) is 5.91 Å². The Labute approximate surface area is 139 Å². The van der Waals surface area contributed by atoms with Crippen LogP contribution >= 0.6 is 11.3 Å². The first-order valence-corrected chi connectivity index (χ1v) is 8.66. The van der Waals surface area contributed by atoms with Crippen molar-refractivity contribution in [3.63, 3.8) is 0 Å². The molecule has 122 valence electrons. The third kappa shape index (κ3) is 3.98. The summed E-state index contributed by atoms with van der Waals surface area (Å²) in [5, 5.41) is 12.5. The van der Waals surface area contributed by atoms with Crippen molar-refractivity contribution in [3.8, 4) is 5.19 Å². The average molecular weight is 332 g/mol. The Bertz CT molecular complexity index is 650. The molecule has 1 fully saturated rings. The minimum atomic E-state index is 0.132. The van der Waals surface area contributed by atoms with E-state index < -0.39 is 0 Å². The summed E-state index contributed by atoms with van der Waals surface area (Å²) in [6, 6.07) is 7.73. The molecule has 1 aliphatic heterocycles. The summed E-state index contributed by atoms with van der Waals surface area (Å²) in [6.07, 6.45) is 2.22. The van der Waals surface area contributed by atoms with Crippen molar-refractivity contribution in [2.75, 3.05) is 25.0 Å². The van der Waals surface area contributed by atoms with Crippen molar-refractivity contribution in [2.24, 2.45) is 0 Å². The van der Waals surface area contributed by atoms with Gasteiger partial charge in [-0.2, -0.15) is 0 Å². The number of aromatic nitrogens is 2. The summed E-state index contributed by atoms with van der Waals surface area (Å²) in [5.41, 5.74) is 1.85. The molecule has 0 aliphatic carbocycles. The molecule has 1 aromatic heterocycles. The van der Waals surface area contributed by atoms with Gasteiger partial charge in [-0.1, -0.05) is 17.2 Å². The number of nitrogens with one attached hydrogen (secondary N) is 1. The highest BCUT2D eigenvalue weighted by atomic mass is 32.1. The van der Waals surface area contributed by atoms with E-state index in [4.69, 9.17) is 4.74 Å². The summed E-state index contributed by atoms with van der Waals surface area (Å²) in [5.74, 6) is 0.132. The van der Waals surface area contributed by atoms with Gasteiger partial charge in [-0.05, 0) is 48.8 Å². The molecule has 1 saturated heterocycles. The second kappa shape index (κ2) is 7.41. The van der Waals surface area contributed by atoms with Crippen molar-refractivity contribution in [3.05, 3.63) is 35.4 Å². The van der Waals surface area contributed by atoms with E-state index in [1.165, 1.54) is 11.3 Å². The third-order valence-electron chi connectivity index (χ3n) is 3.71. The Kier molecular flexibility index (Phi) is 5.07. The lowest BCUT2D eigenvalue weighted by Gasteiger charge is -2.15. The number of nitrogens with zero attached hydrogens (tertiary/aromatic N) is 3. The smallest absolute Gasteiger partial charge is 0.295 e. The SMILES string of the molecule is CCOc1nnc(NCc2ccc(C(=O)N3CCCC3)cc2)s1. The second-order valence-corrected chi connectivity index (χ2v) is 6.30. The molecular weight excluding hydrogens is 312 g/mol. The van der Waals surface area contributed by atoms with Gasteiger partial charge < -0.3 is 15.0 Å². The lowest BCUT2D eigenvalue weighted by molar-refractivity contribution is 0.0793. The molecule has 0 saturated carbocycles. The fourth-order valence-corrected chi connectivity index (χ4v) is 3.16. The molecule has 1 amide bonds. The van der Waals surface area contributed by atoms with Crippen LogP contribution in [0.25, 0.3) is 0 Å². The van der Waals surface area contributed by atoms with Gasteiger partial charge in [-0.25, -0.2) is 0 Å². The lowest BCUT2D eigenvalue weighted by Crippen LogP contribution is -2.27. The Hall–Kier alpha value is -2.15. The Balaban J connectivity index is 1.55. The van der Waals surface area contributed by atoms with Crippen LogP contribution in [0, 0.1) is 0 Å². The molecule has 2 heterocycles. The fraction of sp³-hybridized carbons (Fsp3) is 0.438. The van der Waals surface area contributed by atoms with Gasteiger partial charge in [0.05, 0.1) is 6.61 Å². The molecule has 1 N–H and O–H groups in total. The fourth-order valence-electron chi connectivity index (χ4n) is 2.51. The van der Waals surface area contributed by atoms with Gasteiger partial charge in [0.15, 0.2) is 0 Å². The zero-order chi connectivity index (χ0) is 16.1. The predicted octanol–water partition coefficient (Wildman–Crippen LogP) is 2.78. The zero-order valence-electron chi connectivity index (χ0n) is 13.1. The van der Waals surface area contributed by atoms with Crippen LogP contribution in [-0.2, 0) is 6.54 Å². The zero-order valence-corrected chi connectivity index (χ0v) is 13.9. The average Bonchev–Trinajstić information content (AvgIpc) is 3.25. The van der Waals surface area contributed by atoms with Crippen LogP contribution in [0.15, 0.2) is 24.3 Å². The highest BCUT2D eigenvalue weighted by Gasteiger charge is 2.19. The number of hydrogen-bond acceptors (Lipinski definition) is 6. The summed E-state index contributed by atoms with van der Waals surface area (Å²) >= 11 is 1.39. The summed E-state index contributed by atoms with van der Waals surface area (Å²) < 4.78 is 5.29. The number of hydrogen-bond donors (Lipinski definition) is 1. The standard InChI is InChI=1S/C16H20N4O2S/c1-2-22-16-19-18-15(23-16)17-11-12-5-7-13(8-6-12)14(21)20-9-3-4-10-20/h5-8H,2-4,9-11H2,1H3,(H,17,18). The predicted molar refractivity (Wildman–Crippen MR) is 90.0 cm³/mol. The van der Waals surface area contributed by atoms with Crippen LogP contribution in [0.5, 0.6) is 5.19 Å². The number of rotatable bonds is 6. The first kappa shape index (κ1) is 15.7. The number of likely N-dealkylation sites (tertiary alicyclic amines) is 1. The highest BCUT2D eigenvalue weighted by Crippen LogP contribution is 2.22. The van der Waals surface area contributed by atoms with Gasteiger partial charge in [0.1, 0.15) is 0 Å². The molecule has 0 atom stereocenters. The van der Waals surface area contributed by atoms with Gasteiger partial charge in [-0.3, -0.25) is 4.79 Å². The molecule has 0 radical (unpaired) electrons. The third-order valence-corrected chi connectivity index (χ3v) is 4.51. The number of benzene rings is 1. The Morgan fingerprint density at radius 2 is 2.00 bits per heavy atom. The number of carbonyl (C=O) groups excluding carboxylic acids is 1. The highest BCUT2D eigenvalue weighted by molar-refractivity contribution is 7.16. The van der Waals surface area contributed by atoms with Crippen molar-refractivity contribution in [1.29, 1.82) is 0 Å². The van der Waals surface area contributed by atoms with Crippen molar-refractivity contribution in [2.45, 2.75) is 26.3 Å². The molecule has 23 heavy (non-hydrogen) atoms. The summed E-state index contributed by atoms with van der Waals surface area (Å²) in [7, 11) is 0. The maximum Gasteiger partial charge on any atom is 0.295 e. The minimum absolute atomic E-state index is 0.132. The first-order chi connectivity index (χ1) is 11.3. The largest absolute Gasteiger partial charge is 0.469 e. The van der Waals surface area contributed by atoms with Crippen LogP contribution in [0.3, 0.4) is 0 Å². The van der Waals surface area contributed by atoms with Gasteiger partial charge in [0, 0.05) is 25.2 Å². The van der Waals surface area contributed by atoms with Crippen LogP contribution in [-0.4, -0.2) is 40.7 Å². The van der Waals surface area contributed by atoms with Crippen molar-refractivity contribution < 1.29 is 9.53 Å². The van der Waals surface area contributed by atoms with Crippen LogP contribution in [0.4, 0.5) is 5.13 Å². The van der Waals surface area contributed by atoms with Gasteiger partial charge in [-0.15, -0.1) is 5.10 Å². The monoisotopic (exact) mass is 332 g/mol. The van der Waals surface area contributed by atoms with Crippen LogP contribution < -0.4 is 10.1 Å². The number of carbonyl (C=O) groups is 1. The van der Waals surface area contributed by atoms with E-state index in [9.17, 15) is 4.79 Å². The van der Waals surface area contributed by atoms with E-state index in [1.54, 1.807) is 0 Å². The number of anilines is 1. The summed E-state index contributed by atoms with van der Waals surface area (Å²) in [6.45, 7) is 4.89. The van der Waals surface area contributed by atoms with E-state index >= 15 is 0 Å². The van der Waals surface area contributed by atoms with E-state index in [0.29, 0.717) is 18.3 Å². The number of amides is 1. The van der Waals surface area contributed by atoms with Crippen molar-refractivity contribution >= 4 is 22.4 Å². The number of ether oxygens (including phenoxy) is 1. The van der Waals surface area contributed by atoms with Crippen molar-refractivity contribution in [1.82, 2.24) is 15.1 Å². The maximum absolute atomic E-state index is 12.3. The lowest BCUT2D eigenvalue weighted by atomic mass is 10.1. The second-order valence-electron chi connectivity index (χ2n) is 5.36. The molecule has 0 spiro atoms. The molecule has 2 aromatic rings. The summed E-state index contributed by atoms with van der Waals surface area (Å²) in [4.78, 5) is 14.2. The van der Waals surface area contributed by atoms with E-state index in [1.807, 2.05) is 36.1 Å². The molecule has 1 aromatic carbocycles. The molecule has 7 heteroatoms. The van der Waals surface area contributed by atoms with Crippen LogP contribution in [0.1, 0.15) is 35.7 Å². The van der Waals surface area contributed by atoms with Gasteiger partial charge in [0.2, 0.25) is 5.13 Å². The quantitative estimate of drug-likeness (QED) is 0.881. The van der Waals surface area contributed by atoms with E-state index in [0.717, 1.165) is 42.2 Å². The minimum Gasteiger partial charge on any atom is -0.469 e. The molecule has 1 aliphatic rings. The van der Waals surface area contributed by atoms with E-state index in [2.05, 4.69) is 15.5 Å². The molecule has 6 nitrogen and oxygen atoms in total. The molecule has 0 unspecified atom stereocenters. The topological polar surface area (TPSA) is 67.4 Å². The first-order valence-electron chi connectivity index (χ1n) is 7.84. The van der Waals surface area contributed by atoms with Gasteiger partial charge in [0.25, 0.3) is 11.1 Å². The van der Waals surface area contributed by atoms with Crippen LogP contribution in [0.2, 0.25) is 0 Å².